The largest absolute Gasteiger partial charge is 0.309 e. The third-order valence-electron chi connectivity index (χ3n) is 3.65. The zero-order valence-corrected chi connectivity index (χ0v) is 13.4. The summed E-state index contributed by atoms with van der Waals surface area (Å²) >= 11 is 1.70. The molecule has 3 aromatic rings. The van der Waals surface area contributed by atoms with Crippen LogP contribution >= 0.6 is 11.3 Å². The lowest BCUT2D eigenvalue weighted by atomic mass is 10.0. The summed E-state index contributed by atoms with van der Waals surface area (Å²) in [5, 5.41) is 12.8. The fraction of sp³-hybridized carbons (Fsp3) is 0.375. The van der Waals surface area contributed by atoms with Crippen molar-refractivity contribution >= 4 is 22.2 Å². The molecule has 5 heteroatoms. The maximum atomic E-state index is 4.74. The molecule has 21 heavy (non-hydrogen) atoms. The Hall–Kier alpha value is -1.72. The van der Waals surface area contributed by atoms with E-state index in [2.05, 4.69) is 46.9 Å². The number of thiazole rings is 1. The lowest BCUT2D eigenvalue weighted by Gasteiger charge is -2.15. The molecule has 0 aliphatic rings. The van der Waals surface area contributed by atoms with Gasteiger partial charge in [-0.2, -0.15) is 5.10 Å². The molecule has 1 unspecified atom stereocenters. The van der Waals surface area contributed by atoms with Crippen LogP contribution in [0.25, 0.3) is 10.9 Å². The summed E-state index contributed by atoms with van der Waals surface area (Å²) in [5.74, 6) is 0. The Kier molecular flexibility index (Phi) is 4.03. The van der Waals surface area contributed by atoms with E-state index in [0.29, 0.717) is 0 Å². The number of hydrogen-bond acceptors (Lipinski definition) is 4. The average molecular weight is 300 g/mol. The molecule has 0 aliphatic heterocycles. The fourth-order valence-electron chi connectivity index (χ4n) is 2.72. The van der Waals surface area contributed by atoms with Crippen LogP contribution in [-0.2, 0) is 13.5 Å². The molecule has 0 saturated carbocycles. The van der Waals surface area contributed by atoms with Crippen molar-refractivity contribution in [1.82, 2.24) is 20.1 Å². The van der Waals surface area contributed by atoms with Crippen molar-refractivity contribution < 1.29 is 0 Å². The average Bonchev–Trinajstić information content (AvgIpc) is 3.03. The van der Waals surface area contributed by atoms with Gasteiger partial charge in [-0.3, -0.25) is 4.68 Å². The van der Waals surface area contributed by atoms with Crippen LogP contribution in [0.1, 0.15) is 29.4 Å². The fourth-order valence-corrected chi connectivity index (χ4v) is 3.35. The van der Waals surface area contributed by atoms with Crippen molar-refractivity contribution in [3.63, 3.8) is 0 Å². The van der Waals surface area contributed by atoms with Gasteiger partial charge in [-0.1, -0.05) is 25.1 Å². The lowest BCUT2D eigenvalue weighted by Crippen LogP contribution is -2.24. The molecule has 0 aliphatic carbocycles. The number of hydrogen-bond donors (Lipinski definition) is 1. The van der Waals surface area contributed by atoms with Gasteiger partial charge in [-0.05, 0) is 19.5 Å². The van der Waals surface area contributed by atoms with Gasteiger partial charge in [-0.15, -0.1) is 11.3 Å². The van der Waals surface area contributed by atoms with E-state index in [4.69, 9.17) is 5.10 Å². The minimum atomic E-state index is 0.197. The first kappa shape index (κ1) is 14.2. The first-order chi connectivity index (χ1) is 10.2. The number of nitrogens with one attached hydrogen (secondary N) is 1. The Morgan fingerprint density at radius 2 is 2.14 bits per heavy atom. The second-order valence-corrected chi connectivity index (χ2v) is 6.26. The van der Waals surface area contributed by atoms with Crippen molar-refractivity contribution in [1.29, 1.82) is 0 Å². The highest BCUT2D eigenvalue weighted by Gasteiger charge is 2.19. The highest BCUT2D eigenvalue weighted by atomic mass is 32.1. The van der Waals surface area contributed by atoms with E-state index in [1.807, 2.05) is 18.7 Å². The molecule has 1 atom stereocenters. The van der Waals surface area contributed by atoms with E-state index in [0.717, 1.165) is 29.4 Å². The van der Waals surface area contributed by atoms with Crippen LogP contribution in [0.2, 0.25) is 0 Å². The molecule has 110 valence electrons. The molecule has 0 saturated heterocycles. The van der Waals surface area contributed by atoms with Gasteiger partial charge in [0.05, 0.1) is 28.0 Å². The summed E-state index contributed by atoms with van der Waals surface area (Å²) in [7, 11) is 2.00. The van der Waals surface area contributed by atoms with Gasteiger partial charge < -0.3 is 5.32 Å². The lowest BCUT2D eigenvalue weighted by molar-refractivity contribution is 0.527. The minimum absolute atomic E-state index is 0.197. The number of aromatic nitrogens is 3. The van der Waals surface area contributed by atoms with Crippen molar-refractivity contribution in [3.8, 4) is 0 Å². The van der Waals surface area contributed by atoms with Crippen molar-refractivity contribution in [2.24, 2.45) is 7.05 Å². The van der Waals surface area contributed by atoms with Gasteiger partial charge >= 0.3 is 0 Å². The van der Waals surface area contributed by atoms with E-state index < -0.39 is 0 Å². The Labute approximate surface area is 128 Å². The number of nitrogens with zero attached hydrogens (tertiary/aromatic N) is 3. The topological polar surface area (TPSA) is 42.7 Å². The third kappa shape index (κ3) is 2.84. The molecule has 0 bridgehead atoms. The number of para-hydroxylation sites is 1. The first-order valence-electron chi connectivity index (χ1n) is 7.25. The number of rotatable bonds is 5. The molecule has 3 rings (SSSR count). The highest BCUT2D eigenvalue weighted by molar-refractivity contribution is 7.09. The molecule has 0 fully saturated rings. The molecule has 4 nitrogen and oxygen atoms in total. The summed E-state index contributed by atoms with van der Waals surface area (Å²) in [4.78, 5) is 4.59. The number of aryl methyl sites for hydroxylation is 2. The Balaban J connectivity index is 1.99. The second-order valence-electron chi connectivity index (χ2n) is 5.20. The molecule has 0 amide bonds. The van der Waals surface area contributed by atoms with Gasteiger partial charge in [0, 0.05) is 24.2 Å². The zero-order chi connectivity index (χ0) is 14.8. The van der Waals surface area contributed by atoms with Gasteiger partial charge in [0.15, 0.2) is 0 Å². The van der Waals surface area contributed by atoms with E-state index >= 15 is 0 Å². The number of fused-ring (bicyclic) bond motifs is 1. The third-order valence-corrected chi connectivity index (χ3v) is 4.47. The van der Waals surface area contributed by atoms with Gasteiger partial charge in [-0.25, -0.2) is 4.98 Å². The van der Waals surface area contributed by atoms with Crippen molar-refractivity contribution in [2.45, 2.75) is 26.3 Å². The van der Waals surface area contributed by atoms with Gasteiger partial charge in [0.1, 0.15) is 0 Å². The number of likely N-dealkylation sites (N-methyl/N-ethyl adjacent to an activating group) is 1. The van der Waals surface area contributed by atoms with Crippen molar-refractivity contribution in [3.05, 3.63) is 46.0 Å². The summed E-state index contributed by atoms with van der Waals surface area (Å²) in [6.45, 7) is 5.09. The first-order valence-corrected chi connectivity index (χ1v) is 8.13. The van der Waals surface area contributed by atoms with E-state index in [9.17, 15) is 0 Å². The molecule has 1 aromatic carbocycles. The van der Waals surface area contributed by atoms with Crippen molar-refractivity contribution in [2.75, 3.05) is 6.54 Å². The smallest absolute Gasteiger partial charge is 0.0897 e. The van der Waals surface area contributed by atoms with Crippen LogP contribution in [0.5, 0.6) is 0 Å². The predicted molar refractivity (Wildman–Crippen MR) is 87.7 cm³/mol. The highest BCUT2D eigenvalue weighted by Crippen LogP contribution is 2.26. The summed E-state index contributed by atoms with van der Waals surface area (Å²) < 4.78 is 1.96. The van der Waals surface area contributed by atoms with Gasteiger partial charge in [0.25, 0.3) is 0 Å². The normalized spacial score (nSPS) is 12.9. The van der Waals surface area contributed by atoms with E-state index in [-0.39, 0.29) is 6.04 Å². The monoisotopic (exact) mass is 300 g/mol. The van der Waals surface area contributed by atoms with Crippen LogP contribution in [0.15, 0.2) is 29.6 Å². The molecular weight excluding hydrogens is 280 g/mol. The molecule has 2 aromatic heterocycles. The maximum Gasteiger partial charge on any atom is 0.0897 e. The Morgan fingerprint density at radius 3 is 2.86 bits per heavy atom. The van der Waals surface area contributed by atoms with Gasteiger partial charge in [0.2, 0.25) is 0 Å². The predicted octanol–water partition coefficient (Wildman–Crippen LogP) is 3.23. The molecular formula is C16H20N4S. The summed E-state index contributed by atoms with van der Waals surface area (Å²) in [5.41, 5.74) is 3.42. The second kappa shape index (κ2) is 5.95. The molecule has 0 radical (unpaired) electrons. The molecule has 1 N–H and O–H groups in total. The van der Waals surface area contributed by atoms with Crippen LogP contribution in [0.4, 0.5) is 0 Å². The maximum absolute atomic E-state index is 4.74. The molecule has 2 heterocycles. The number of benzene rings is 1. The summed E-state index contributed by atoms with van der Waals surface area (Å²) in [6, 6.07) is 8.59. The van der Waals surface area contributed by atoms with Crippen LogP contribution < -0.4 is 5.32 Å². The minimum Gasteiger partial charge on any atom is -0.309 e. The standard InChI is InChI=1S/C16H20N4S/c1-4-17-14(9-12-10-21-11(2)18-12)16-13-7-5-6-8-15(13)20(3)19-16/h5-8,10,14,17H,4,9H2,1-3H3. The zero-order valence-electron chi connectivity index (χ0n) is 12.6. The van der Waals surface area contributed by atoms with E-state index in [1.165, 1.54) is 10.9 Å². The van der Waals surface area contributed by atoms with E-state index in [1.54, 1.807) is 11.3 Å². The Morgan fingerprint density at radius 1 is 1.33 bits per heavy atom. The van der Waals surface area contributed by atoms with Crippen LogP contribution in [-0.4, -0.2) is 21.3 Å². The van der Waals surface area contributed by atoms with Crippen LogP contribution in [0, 0.1) is 6.92 Å². The molecule has 0 spiro atoms. The van der Waals surface area contributed by atoms with Crippen LogP contribution in [0.3, 0.4) is 0 Å². The Bertz CT molecular complexity index is 744. The quantitative estimate of drug-likeness (QED) is 0.786. The SMILES string of the molecule is CCNC(Cc1csc(C)n1)c1nn(C)c2ccccc12. The summed E-state index contributed by atoms with van der Waals surface area (Å²) in [6.07, 6.45) is 0.874.